The van der Waals surface area contributed by atoms with Gasteiger partial charge in [0.2, 0.25) is 15.9 Å². The van der Waals surface area contributed by atoms with Gasteiger partial charge in [0.15, 0.2) is 11.6 Å². The number of carbonyl (C=O) groups is 1. The van der Waals surface area contributed by atoms with E-state index in [2.05, 4.69) is 4.72 Å². The molecule has 0 aliphatic heterocycles. The van der Waals surface area contributed by atoms with E-state index in [0.29, 0.717) is 0 Å². The quantitative estimate of drug-likeness (QED) is 0.891. The van der Waals surface area contributed by atoms with Gasteiger partial charge in [0.25, 0.3) is 0 Å². The molecule has 0 radical (unpaired) electrons. The monoisotopic (exact) mass is 320 g/mol. The number of carbonyl (C=O) groups excluding carboxylic acids is 1. The normalized spacial score (nSPS) is 13.3. The maximum Gasteiger partial charge on any atom is 0.244 e. The van der Waals surface area contributed by atoms with Crippen molar-refractivity contribution in [3.63, 3.8) is 0 Å². The first-order chi connectivity index (χ1) is 9.58. The Hall–Kier alpha value is -1.54. The van der Waals surface area contributed by atoms with Gasteiger partial charge in [-0.2, -0.15) is 4.72 Å². The fourth-order valence-corrected chi connectivity index (χ4v) is 3.10. The molecule has 1 aromatic rings. The van der Waals surface area contributed by atoms with Crippen molar-refractivity contribution in [2.75, 3.05) is 14.1 Å². The number of sulfonamides is 1. The Morgan fingerprint density at radius 2 is 1.81 bits per heavy atom. The zero-order chi connectivity index (χ0) is 16.4. The van der Waals surface area contributed by atoms with Crippen LogP contribution in [0.15, 0.2) is 23.1 Å². The summed E-state index contributed by atoms with van der Waals surface area (Å²) in [5, 5.41) is 0. The van der Waals surface area contributed by atoms with Gasteiger partial charge >= 0.3 is 0 Å². The molecule has 1 atom stereocenters. The standard InChI is InChI=1S/C13H18F2N2O3S/c1-8(2)12(13(18)17(3)4)16-21(19,20)10-7-5-6-9(14)11(10)15/h5-8,12,16H,1-4H3/t12-/m1/s1. The lowest BCUT2D eigenvalue weighted by Crippen LogP contribution is -2.49. The van der Waals surface area contributed by atoms with Crippen LogP contribution < -0.4 is 4.72 Å². The first-order valence-electron chi connectivity index (χ1n) is 6.25. The largest absolute Gasteiger partial charge is 0.347 e. The molecule has 8 heteroatoms. The Morgan fingerprint density at radius 3 is 2.29 bits per heavy atom. The molecule has 0 saturated carbocycles. The van der Waals surface area contributed by atoms with E-state index in [1.165, 1.54) is 19.0 Å². The fraction of sp³-hybridized carbons (Fsp3) is 0.462. The Labute approximate surface area is 123 Å². The number of nitrogens with one attached hydrogen (secondary N) is 1. The summed E-state index contributed by atoms with van der Waals surface area (Å²) in [6.45, 7) is 3.30. The third kappa shape index (κ3) is 3.98. The minimum Gasteiger partial charge on any atom is -0.347 e. The van der Waals surface area contributed by atoms with Crippen LogP contribution in [0.25, 0.3) is 0 Å². The number of nitrogens with zero attached hydrogens (tertiary/aromatic N) is 1. The molecule has 1 aromatic carbocycles. The molecular formula is C13H18F2N2O3S. The smallest absolute Gasteiger partial charge is 0.244 e. The van der Waals surface area contributed by atoms with Gasteiger partial charge in [-0.25, -0.2) is 17.2 Å². The molecule has 0 aromatic heterocycles. The van der Waals surface area contributed by atoms with E-state index in [0.717, 1.165) is 18.2 Å². The summed E-state index contributed by atoms with van der Waals surface area (Å²) < 4.78 is 53.2. The van der Waals surface area contributed by atoms with Crippen LogP contribution >= 0.6 is 0 Å². The Balaban J connectivity index is 3.19. The number of rotatable bonds is 5. The van der Waals surface area contributed by atoms with Gasteiger partial charge in [-0.3, -0.25) is 4.79 Å². The summed E-state index contributed by atoms with van der Waals surface area (Å²) >= 11 is 0. The zero-order valence-electron chi connectivity index (χ0n) is 12.2. The minimum absolute atomic E-state index is 0.355. The predicted molar refractivity (Wildman–Crippen MR) is 74.0 cm³/mol. The van der Waals surface area contributed by atoms with E-state index in [1.54, 1.807) is 13.8 Å². The molecule has 118 valence electrons. The van der Waals surface area contributed by atoms with E-state index in [9.17, 15) is 22.0 Å². The van der Waals surface area contributed by atoms with Gasteiger partial charge in [-0.1, -0.05) is 19.9 Å². The van der Waals surface area contributed by atoms with Gasteiger partial charge in [-0.05, 0) is 18.1 Å². The number of halogens is 2. The van der Waals surface area contributed by atoms with Crippen molar-refractivity contribution < 1.29 is 22.0 Å². The summed E-state index contributed by atoms with van der Waals surface area (Å²) in [6, 6.07) is 1.79. The molecule has 1 N–H and O–H groups in total. The summed E-state index contributed by atoms with van der Waals surface area (Å²) in [5.41, 5.74) is 0. The zero-order valence-corrected chi connectivity index (χ0v) is 13.0. The van der Waals surface area contributed by atoms with Crippen molar-refractivity contribution in [3.8, 4) is 0 Å². The molecule has 0 bridgehead atoms. The molecule has 21 heavy (non-hydrogen) atoms. The highest BCUT2D eigenvalue weighted by atomic mass is 32.2. The Morgan fingerprint density at radius 1 is 1.24 bits per heavy atom. The lowest BCUT2D eigenvalue weighted by Gasteiger charge is -2.24. The van der Waals surface area contributed by atoms with Gasteiger partial charge in [0.05, 0.1) is 0 Å². The number of hydrogen-bond acceptors (Lipinski definition) is 3. The molecule has 0 aliphatic rings. The van der Waals surface area contributed by atoms with Crippen molar-refractivity contribution >= 4 is 15.9 Å². The molecule has 0 saturated heterocycles. The molecule has 1 rings (SSSR count). The van der Waals surface area contributed by atoms with Crippen molar-refractivity contribution in [1.82, 2.24) is 9.62 Å². The number of likely N-dealkylation sites (N-methyl/N-ethyl adjacent to an activating group) is 1. The summed E-state index contributed by atoms with van der Waals surface area (Å²) in [6.07, 6.45) is 0. The molecule has 0 aliphatic carbocycles. The molecular weight excluding hydrogens is 302 g/mol. The minimum atomic E-state index is -4.35. The van der Waals surface area contributed by atoms with E-state index < -0.39 is 38.5 Å². The topological polar surface area (TPSA) is 66.5 Å². The predicted octanol–water partition coefficient (Wildman–Crippen LogP) is 1.36. The molecule has 1 amide bonds. The average Bonchev–Trinajstić information content (AvgIpc) is 2.37. The third-order valence-electron chi connectivity index (χ3n) is 2.86. The van der Waals surface area contributed by atoms with Gasteiger partial charge in [-0.15, -0.1) is 0 Å². The van der Waals surface area contributed by atoms with Crippen LogP contribution in [0.3, 0.4) is 0 Å². The van der Waals surface area contributed by atoms with E-state index in [1.807, 2.05) is 0 Å². The second kappa shape index (κ2) is 6.48. The maximum absolute atomic E-state index is 13.6. The van der Waals surface area contributed by atoms with Crippen LogP contribution in [0, 0.1) is 17.6 Å². The SMILES string of the molecule is CC(C)[C@@H](NS(=O)(=O)c1cccc(F)c1F)C(=O)N(C)C. The second-order valence-electron chi connectivity index (χ2n) is 5.13. The highest BCUT2D eigenvalue weighted by Crippen LogP contribution is 2.18. The molecule has 5 nitrogen and oxygen atoms in total. The number of hydrogen-bond donors (Lipinski definition) is 1. The highest BCUT2D eigenvalue weighted by Gasteiger charge is 2.31. The fourth-order valence-electron chi connectivity index (χ4n) is 1.67. The van der Waals surface area contributed by atoms with E-state index >= 15 is 0 Å². The maximum atomic E-state index is 13.6. The van der Waals surface area contributed by atoms with Crippen LogP contribution in [-0.2, 0) is 14.8 Å². The highest BCUT2D eigenvalue weighted by molar-refractivity contribution is 7.89. The average molecular weight is 320 g/mol. The van der Waals surface area contributed by atoms with Crippen LogP contribution in [0.2, 0.25) is 0 Å². The second-order valence-corrected chi connectivity index (χ2v) is 6.81. The lowest BCUT2D eigenvalue weighted by molar-refractivity contribution is -0.131. The third-order valence-corrected chi connectivity index (χ3v) is 4.32. The molecule has 0 spiro atoms. The Kier molecular flexibility index (Phi) is 5.41. The first kappa shape index (κ1) is 17.5. The number of amides is 1. The summed E-state index contributed by atoms with van der Waals surface area (Å²) in [7, 11) is -1.39. The van der Waals surface area contributed by atoms with Crippen LogP contribution in [0.5, 0.6) is 0 Å². The van der Waals surface area contributed by atoms with Crippen molar-refractivity contribution in [2.45, 2.75) is 24.8 Å². The van der Waals surface area contributed by atoms with Crippen molar-refractivity contribution in [3.05, 3.63) is 29.8 Å². The van der Waals surface area contributed by atoms with Crippen molar-refractivity contribution in [1.29, 1.82) is 0 Å². The van der Waals surface area contributed by atoms with Gasteiger partial charge < -0.3 is 4.90 Å². The van der Waals surface area contributed by atoms with Crippen LogP contribution in [-0.4, -0.2) is 39.4 Å². The molecule has 0 fully saturated rings. The van der Waals surface area contributed by atoms with E-state index in [-0.39, 0.29) is 5.92 Å². The van der Waals surface area contributed by atoms with Crippen LogP contribution in [0.1, 0.15) is 13.8 Å². The van der Waals surface area contributed by atoms with Crippen LogP contribution in [0.4, 0.5) is 8.78 Å². The summed E-state index contributed by atoms with van der Waals surface area (Å²) in [5.74, 6) is -3.56. The number of benzene rings is 1. The van der Waals surface area contributed by atoms with Crippen molar-refractivity contribution in [2.24, 2.45) is 5.92 Å². The molecule has 0 heterocycles. The van der Waals surface area contributed by atoms with Gasteiger partial charge in [0.1, 0.15) is 10.9 Å². The van der Waals surface area contributed by atoms with E-state index in [4.69, 9.17) is 0 Å². The summed E-state index contributed by atoms with van der Waals surface area (Å²) in [4.78, 5) is 12.4. The lowest BCUT2D eigenvalue weighted by atomic mass is 10.0. The Bertz CT molecular complexity index is 630. The molecule has 0 unspecified atom stereocenters. The van der Waals surface area contributed by atoms with Gasteiger partial charge in [0, 0.05) is 14.1 Å². The first-order valence-corrected chi connectivity index (χ1v) is 7.73.